The molecule has 0 aliphatic carbocycles. The van der Waals surface area contributed by atoms with Crippen LogP contribution in [-0.2, 0) is 39.8 Å². The summed E-state index contributed by atoms with van der Waals surface area (Å²) in [4.78, 5) is 11.7. The summed E-state index contributed by atoms with van der Waals surface area (Å²) in [5, 5.41) is 0. The third kappa shape index (κ3) is 3.63. The van der Waals surface area contributed by atoms with Gasteiger partial charge >= 0.3 is 0 Å². The molecule has 3 aliphatic heterocycles. The van der Waals surface area contributed by atoms with E-state index in [0.717, 1.165) is 11.8 Å². The molecule has 7 heteroatoms. The Hall–Kier alpha value is -1.35. The lowest BCUT2D eigenvalue weighted by atomic mass is 9.86. The molecule has 0 saturated carbocycles. The quantitative estimate of drug-likeness (QED) is 0.689. The molecule has 1 aromatic carbocycles. The average Bonchev–Trinajstić information content (AvgIpc) is 3.24. The maximum atomic E-state index is 11.7. The van der Waals surface area contributed by atoms with Crippen LogP contribution in [0.15, 0.2) is 30.3 Å². The molecule has 0 bridgehead atoms. The third-order valence-corrected chi connectivity index (χ3v) is 5.42. The highest BCUT2D eigenvalue weighted by Gasteiger charge is 2.67. The fourth-order valence-corrected chi connectivity index (χ4v) is 4.23. The van der Waals surface area contributed by atoms with Gasteiger partial charge in [0.1, 0.15) is 30.2 Å². The summed E-state index contributed by atoms with van der Waals surface area (Å²) in [5.41, 5.74) is -0.0399. The lowest BCUT2D eigenvalue weighted by Crippen LogP contribution is -2.56. The molecule has 5 atom stereocenters. The molecule has 154 valence electrons. The molecule has 3 saturated heterocycles. The Labute approximate surface area is 165 Å². The maximum Gasteiger partial charge on any atom is 0.190 e. The van der Waals surface area contributed by atoms with Crippen molar-refractivity contribution in [3.05, 3.63) is 35.9 Å². The molecular formula is C21H28O7. The van der Waals surface area contributed by atoms with Gasteiger partial charge in [0.15, 0.2) is 17.9 Å². The van der Waals surface area contributed by atoms with Crippen molar-refractivity contribution in [3.63, 3.8) is 0 Å². The molecule has 4 rings (SSSR count). The second kappa shape index (κ2) is 7.16. The van der Waals surface area contributed by atoms with Gasteiger partial charge in [0, 0.05) is 6.42 Å². The first kappa shape index (κ1) is 19.9. The predicted octanol–water partition coefficient (Wildman–Crippen LogP) is 2.56. The van der Waals surface area contributed by atoms with E-state index < -0.39 is 41.8 Å². The summed E-state index contributed by atoms with van der Waals surface area (Å²) in [6.07, 6.45) is -1.19. The number of hydrogen-bond donors (Lipinski definition) is 0. The molecule has 1 aromatic rings. The minimum atomic E-state index is -1.04. The molecule has 0 unspecified atom stereocenters. The first-order valence-corrected chi connectivity index (χ1v) is 9.69. The second-order valence-corrected chi connectivity index (χ2v) is 8.45. The summed E-state index contributed by atoms with van der Waals surface area (Å²) in [5.74, 6) is -1.55. The van der Waals surface area contributed by atoms with Crippen molar-refractivity contribution in [3.8, 4) is 0 Å². The summed E-state index contributed by atoms with van der Waals surface area (Å²) < 4.78 is 36.5. The molecule has 3 aliphatic rings. The normalized spacial score (nSPS) is 38.4. The number of carbonyl (C=O) groups excluding carboxylic acids is 1. The SMILES string of the molecule is CC1(C)OC[C@H]([C@H]2O[C@@H]3OC(C)(C)O[C@@H]3[C@]2(CC=O)OCc2ccccc2)O1. The topological polar surface area (TPSA) is 72.5 Å². The molecule has 7 nitrogen and oxygen atoms in total. The highest BCUT2D eigenvalue weighted by Crippen LogP contribution is 2.49. The predicted molar refractivity (Wildman–Crippen MR) is 98.2 cm³/mol. The molecule has 0 spiro atoms. The van der Waals surface area contributed by atoms with Crippen molar-refractivity contribution in [1.82, 2.24) is 0 Å². The van der Waals surface area contributed by atoms with Crippen LogP contribution in [0, 0.1) is 0 Å². The van der Waals surface area contributed by atoms with E-state index in [0.29, 0.717) is 13.2 Å². The van der Waals surface area contributed by atoms with E-state index >= 15 is 0 Å². The number of carbonyl (C=O) groups is 1. The molecule has 0 aromatic heterocycles. The molecule has 0 radical (unpaired) electrons. The fourth-order valence-electron chi connectivity index (χ4n) is 4.23. The highest BCUT2D eigenvalue weighted by molar-refractivity contribution is 5.52. The monoisotopic (exact) mass is 392 g/mol. The Kier molecular flexibility index (Phi) is 5.10. The fraction of sp³-hybridized carbons (Fsp3) is 0.667. The van der Waals surface area contributed by atoms with Gasteiger partial charge in [-0.1, -0.05) is 30.3 Å². The van der Waals surface area contributed by atoms with Crippen LogP contribution in [-0.4, -0.2) is 54.7 Å². The van der Waals surface area contributed by atoms with E-state index in [1.165, 1.54) is 0 Å². The van der Waals surface area contributed by atoms with Gasteiger partial charge < -0.3 is 33.2 Å². The molecule has 0 N–H and O–H groups in total. The number of fused-ring (bicyclic) bond motifs is 1. The van der Waals surface area contributed by atoms with Crippen LogP contribution in [0.4, 0.5) is 0 Å². The number of ether oxygens (including phenoxy) is 6. The van der Waals surface area contributed by atoms with Crippen LogP contribution >= 0.6 is 0 Å². The van der Waals surface area contributed by atoms with Crippen molar-refractivity contribution in [2.24, 2.45) is 0 Å². The van der Waals surface area contributed by atoms with E-state index in [2.05, 4.69) is 0 Å². The van der Waals surface area contributed by atoms with Crippen LogP contribution < -0.4 is 0 Å². The van der Waals surface area contributed by atoms with Crippen LogP contribution in [0.3, 0.4) is 0 Å². The Bertz CT molecular complexity index is 704. The average molecular weight is 392 g/mol. The maximum absolute atomic E-state index is 11.7. The van der Waals surface area contributed by atoms with Gasteiger partial charge in [-0.2, -0.15) is 0 Å². The molecular weight excluding hydrogens is 364 g/mol. The van der Waals surface area contributed by atoms with Crippen molar-refractivity contribution < 1.29 is 33.2 Å². The van der Waals surface area contributed by atoms with Gasteiger partial charge in [-0.05, 0) is 33.3 Å². The standard InChI is InChI=1S/C21H28O7/c1-19(2)23-13-15(26-19)16-21(10-11-22,24-12-14-8-6-5-7-9-14)17-18(25-16)28-20(3,4)27-17/h5-9,11,15-18H,10,12-13H2,1-4H3/t15-,16-,17+,18-,21-/m1/s1. The number of aldehydes is 1. The summed E-state index contributed by atoms with van der Waals surface area (Å²) in [6.45, 7) is 8.01. The zero-order chi connectivity index (χ0) is 20.0. The number of rotatable bonds is 6. The van der Waals surface area contributed by atoms with Crippen molar-refractivity contribution in [2.45, 2.75) is 82.5 Å². The van der Waals surface area contributed by atoms with Gasteiger partial charge in [0.2, 0.25) is 0 Å². The highest BCUT2D eigenvalue weighted by atomic mass is 16.9. The van der Waals surface area contributed by atoms with Gasteiger partial charge in [-0.25, -0.2) is 0 Å². The van der Waals surface area contributed by atoms with Crippen LogP contribution in [0.5, 0.6) is 0 Å². The Balaban J connectivity index is 1.65. The largest absolute Gasteiger partial charge is 0.364 e. The summed E-state index contributed by atoms with van der Waals surface area (Å²) >= 11 is 0. The van der Waals surface area contributed by atoms with Crippen LogP contribution in [0.25, 0.3) is 0 Å². The van der Waals surface area contributed by atoms with E-state index in [4.69, 9.17) is 28.4 Å². The number of benzene rings is 1. The lowest BCUT2D eigenvalue weighted by Gasteiger charge is -2.39. The Morgan fingerprint density at radius 3 is 2.43 bits per heavy atom. The molecule has 28 heavy (non-hydrogen) atoms. The molecule has 3 heterocycles. The summed E-state index contributed by atoms with van der Waals surface area (Å²) in [6, 6.07) is 9.80. The van der Waals surface area contributed by atoms with E-state index in [9.17, 15) is 4.79 Å². The molecule has 3 fully saturated rings. The van der Waals surface area contributed by atoms with Crippen molar-refractivity contribution in [2.75, 3.05) is 6.61 Å². The van der Waals surface area contributed by atoms with Crippen molar-refractivity contribution >= 4 is 6.29 Å². The van der Waals surface area contributed by atoms with E-state index in [1.54, 1.807) is 0 Å². The van der Waals surface area contributed by atoms with Gasteiger partial charge in [0.05, 0.1) is 13.2 Å². The van der Waals surface area contributed by atoms with Crippen LogP contribution in [0.2, 0.25) is 0 Å². The second-order valence-electron chi connectivity index (χ2n) is 8.45. The summed E-state index contributed by atoms with van der Waals surface area (Å²) in [7, 11) is 0. The minimum absolute atomic E-state index is 0.103. The first-order valence-electron chi connectivity index (χ1n) is 9.69. The Morgan fingerprint density at radius 1 is 1.04 bits per heavy atom. The van der Waals surface area contributed by atoms with Crippen molar-refractivity contribution in [1.29, 1.82) is 0 Å². The van der Waals surface area contributed by atoms with Gasteiger partial charge in [-0.15, -0.1) is 0 Å². The Morgan fingerprint density at radius 2 is 1.79 bits per heavy atom. The van der Waals surface area contributed by atoms with Gasteiger partial charge in [-0.3, -0.25) is 0 Å². The lowest BCUT2D eigenvalue weighted by molar-refractivity contribution is -0.257. The van der Waals surface area contributed by atoms with E-state index in [-0.39, 0.29) is 6.42 Å². The molecule has 0 amide bonds. The minimum Gasteiger partial charge on any atom is -0.364 e. The van der Waals surface area contributed by atoms with Crippen LogP contribution in [0.1, 0.15) is 39.7 Å². The third-order valence-electron chi connectivity index (χ3n) is 5.42. The smallest absolute Gasteiger partial charge is 0.190 e. The van der Waals surface area contributed by atoms with Gasteiger partial charge in [0.25, 0.3) is 0 Å². The zero-order valence-electron chi connectivity index (χ0n) is 16.8. The number of hydrogen-bond acceptors (Lipinski definition) is 7. The zero-order valence-corrected chi connectivity index (χ0v) is 16.8. The first-order chi connectivity index (χ1) is 13.2. The van der Waals surface area contributed by atoms with E-state index in [1.807, 2.05) is 58.0 Å².